The Hall–Kier alpha value is -1.87. The van der Waals surface area contributed by atoms with Crippen molar-refractivity contribution >= 4 is 45.3 Å². The normalized spacial score (nSPS) is 13.8. The van der Waals surface area contributed by atoms with Crippen LogP contribution in [0.4, 0.5) is 4.79 Å². The largest absolute Gasteiger partial charge is 0.351 e. The van der Waals surface area contributed by atoms with E-state index in [1.165, 1.54) is 9.44 Å². The SMILES string of the molecule is Cn1c(SCC(=O)NC(N)=O)nc2sc3c(c2c1=O)CCCC3. The number of nitrogens with one attached hydrogen (secondary N) is 1. The second kappa shape index (κ2) is 6.32. The Morgan fingerprint density at radius 3 is 2.87 bits per heavy atom. The van der Waals surface area contributed by atoms with Crippen LogP contribution in [-0.4, -0.2) is 27.2 Å². The topological polar surface area (TPSA) is 107 Å². The van der Waals surface area contributed by atoms with Crippen LogP contribution in [0.15, 0.2) is 9.95 Å². The number of fused-ring (bicyclic) bond motifs is 3. The van der Waals surface area contributed by atoms with Gasteiger partial charge in [-0.1, -0.05) is 11.8 Å². The number of imide groups is 1. The van der Waals surface area contributed by atoms with Gasteiger partial charge < -0.3 is 5.73 Å². The third-order valence-electron chi connectivity index (χ3n) is 3.75. The molecule has 0 radical (unpaired) electrons. The molecule has 9 heteroatoms. The molecule has 2 aromatic heterocycles. The number of hydrogen-bond donors (Lipinski definition) is 2. The van der Waals surface area contributed by atoms with E-state index in [-0.39, 0.29) is 11.3 Å². The molecule has 0 unspecified atom stereocenters. The molecule has 3 amide bonds. The fourth-order valence-corrected chi connectivity index (χ4v) is 4.77. The summed E-state index contributed by atoms with van der Waals surface area (Å²) in [7, 11) is 1.65. The summed E-state index contributed by atoms with van der Waals surface area (Å²) in [6.45, 7) is 0. The highest BCUT2D eigenvalue weighted by molar-refractivity contribution is 7.99. The first-order valence-corrected chi connectivity index (χ1v) is 9.01. The van der Waals surface area contributed by atoms with Crippen LogP contribution >= 0.6 is 23.1 Å². The Balaban J connectivity index is 1.93. The second-order valence-corrected chi connectivity index (χ2v) is 7.38. The lowest BCUT2D eigenvalue weighted by molar-refractivity contribution is -0.117. The van der Waals surface area contributed by atoms with Gasteiger partial charge in [0, 0.05) is 11.9 Å². The van der Waals surface area contributed by atoms with Crippen molar-refractivity contribution in [1.29, 1.82) is 0 Å². The molecule has 2 aromatic rings. The first kappa shape index (κ1) is 16.0. The van der Waals surface area contributed by atoms with Crippen LogP contribution in [0, 0.1) is 0 Å². The zero-order chi connectivity index (χ0) is 16.6. The van der Waals surface area contributed by atoms with Crippen LogP contribution < -0.4 is 16.6 Å². The summed E-state index contributed by atoms with van der Waals surface area (Å²) in [6, 6.07) is -0.890. The van der Waals surface area contributed by atoms with Gasteiger partial charge in [-0.3, -0.25) is 19.5 Å². The molecule has 1 aliphatic rings. The van der Waals surface area contributed by atoms with Gasteiger partial charge in [-0.05, 0) is 31.2 Å². The van der Waals surface area contributed by atoms with E-state index in [9.17, 15) is 14.4 Å². The van der Waals surface area contributed by atoms with Crippen molar-refractivity contribution < 1.29 is 9.59 Å². The molecule has 23 heavy (non-hydrogen) atoms. The Labute approximate surface area is 140 Å². The molecule has 0 bridgehead atoms. The highest BCUT2D eigenvalue weighted by Crippen LogP contribution is 2.34. The number of aromatic nitrogens is 2. The first-order chi connectivity index (χ1) is 11.0. The number of urea groups is 1. The highest BCUT2D eigenvalue weighted by atomic mass is 32.2. The van der Waals surface area contributed by atoms with Gasteiger partial charge in [-0.25, -0.2) is 9.78 Å². The number of primary amides is 1. The molecule has 0 aliphatic heterocycles. The average molecular weight is 352 g/mol. The van der Waals surface area contributed by atoms with Crippen molar-refractivity contribution in [3.05, 3.63) is 20.8 Å². The van der Waals surface area contributed by atoms with Crippen molar-refractivity contribution in [1.82, 2.24) is 14.9 Å². The first-order valence-electron chi connectivity index (χ1n) is 7.20. The Morgan fingerprint density at radius 1 is 1.39 bits per heavy atom. The van der Waals surface area contributed by atoms with E-state index in [0.717, 1.165) is 53.2 Å². The standard InChI is InChI=1S/C14H16N4O3S2/c1-18-12(20)10-7-4-2-3-5-8(7)23-11(10)17-14(18)22-6-9(19)16-13(15)21/h2-6H2,1H3,(H3,15,16,19,21). The summed E-state index contributed by atoms with van der Waals surface area (Å²) < 4.78 is 1.46. The van der Waals surface area contributed by atoms with Crippen molar-refractivity contribution in [2.24, 2.45) is 12.8 Å². The van der Waals surface area contributed by atoms with E-state index in [2.05, 4.69) is 4.98 Å². The third-order valence-corrected chi connectivity index (χ3v) is 5.97. The van der Waals surface area contributed by atoms with Gasteiger partial charge in [0.1, 0.15) is 4.83 Å². The number of carbonyl (C=O) groups is 2. The van der Waals surface area contributed by atoms with Crippen molar-refractivity contribution in [2.75, 3.05) is 5.75 Å². The fourth-order valence-electron chi connectivity index (χ4n) is 2.70. The van der Waals surface area contributed by atoms with Gasteiger partial charge in [0.25, 0.3) is 5.56 Å². The summed E-state index contributed by atoms with van der Waals surface area (Å²) in [5.74, 6) is -0.540. The average Bonchev–Trinajstić information content (AvgIpc) is 2.87. The molecule has 3 N–H and O–H groups in total. The summed E-state index contributed by atoms with van der Waals surface area (Å²) in [6.07, 6.45) is 4.18. The van der Waals surface area contributed by atoms with E-state index < -0.39 is 11.9 Å². The van der Waals surface area contributed by atoms with Gasteiger partial charge in [0.15, 0.2) is 5.16 Å². The van der Waals surface area contributed by atoms with E-state index in [1.54, 1.807) is 18.4 Å². The molecule has 122 valence electrons. The minimum atomic E-state index is -0.890. The number of carbonyl (C=O) groups excluding carboxylic acids is 2. The lowest BCUT2D eigenvalue weighted by Crippen LogP contribution is -2.36. The predicted octanol–water partition coefficient (Wildman–Crippen LogP) is 1.16. The molecule has 7 nitrogen and oxygen atoms in total. The van der Waals surface area contributed by atoms with Gasteiger partial charge in [0.05, 0.1) is 11.1 Å². The zero-order valence-electron chi connectivity index (χ0n) is 12.5. The molecule has 0 atom stereocenters. The Bertz CT molecular complexity index is 856. The van der Waals surface area contributed by atoms with Crippen molar-refractivity contribution in [2.45, 2.75) is 30.8 Å². The van der Waals surface area contributed by atoms with E-state index >= 15 is 0 Å². The maximum Gasteiger partial charge on any atom is 0.318 e. The second-order valence-electron chi connectivity index (χ2n) is 5.35. The summed E-state index contributed by atoms with van der Waals surface area (Å²) >= 11 is 2.68. The molecule has 0 fully saturated rings. The molecule has 0 spiro atoms. The number of hydrogen-bond acceptors (Lipinski definition) is 6. The van der Waals surface area contributed by atoms with Gasteiger partial charge in [-0.2, -0.15) is 0 Å². The quantitative estimate of drug-likeness (QED) is 0.637. The van der Waals surface area contributed by atoms with E-state index in [4.69, 9.17) is 5.73 Å². The summed E-state index contributed by atoms with van der Waals surface area (Å²) in [5.41, 5.74) is 5.97. The molecule has 2 heterocycles. The maximum absolute atomic E-state index is 12.6. The van der Waals surface area contributed by atoms with Gasteiger partial charge in [0.2, 0.25) is 5.91 Å². The number of amides is 3. The maximum atomic E-state index is 12.6. The van der Waals surface area contributed by atoms with Gasteiger partial charge in [-0.15, -0.1) is 11.3 Å². The highest BCUT2D eigenvalue weighted by Gasteiger charge is 2.21. The van der Waals surface area contributed by atoms with E-state index in [0.29, 0.717) is 5.16 Å². The fraction of sp³-hybridized carbons (Fsp3) is 0.429. The number of thiophene rings is 1. The smallest absolute Gasteiger partial charge is 0.318 e. The van der Waals surface area contributed by atoms with Gasteiger partial charge >= 0.3 is 6.03 Å². The van der Waals surface area contributed by atoms with Crippen LogP contribution in [-0.2, 0) is 24.7 Å². The molecular weight excluding hydrogens is 336 g/mol. The lowest BCUT2D eigenvalue weighted by Gasteiger charge is -2.10. The Morgan fingerprint density at radius 2 is 2.13 bits per heavy atom. The molecular formula is C14H16N4O3S2. The number of thioether (sulfide) groups is 1. The number of rotatable bonds is 3. The number of nitrogens with two attached hydrogens (primary N) is 1. The van der Waals surface area contributed by atoms with Crippen LogP contribution in [0.5, 0.6) is 0 Å². The molecule has 3 rings (SSSR count). The van der Waals surface area contributed by atoms with Crippen LogP contribution in [0.2, 0.25) is 0 Å². The minimum absolute atomic E-state index is 0.0280. The van der Waals surface area contributed by atoms with E-state index in [1.807, 2.05) is 5.32 Å². The Kier molecular flexibility index (Phi) is 4.40. The third kappa shape index (κ3) is 3.11. The summed E-state index contributed by atoms with van der Waals surface area (Å²) in [4.78, 5) is 41.3. The molecule has 0 aromatic carbocycles. The number of aryl methyl sites for hydroxylation is 2. The lowest BCUT2D eigenvalue weighted by atomic mass is 9.97. The van der Waals surface area contributed by atoms with Crippen molar-refractivity contribution in [3.8, 4) is 0 Å². The predicted molar refractivity (Wildman–Crippen MR) is 90.0 cm³/mol. The molecule has 0 saturated heterocycles. The number of nitrogens with zero attached hydrogens (tertiary/aromatic N) is 2. The summed E-state index contributed by atoms with van der Waals surface area (Å²) in [5, 5.41) is 3.17. The van der Waals surface area contributed by atoms with Crippen LogP contribution in [0.25, 0.3) is 10.2 Å². The van der Waals surface area contributed by atoms with Crippen LogP contribution in [0.3, 0.4) is 0 Å². The minimum Gasteiger partial charge on any atom is -0.351 e. The monoisotopic (exact) mass is 352 g/mol. The molecule has 1 aliphatic carbocycles. The van der Waals surface area contributed by atoms with Crippen molar-refractivity contribution in [3.63, 3.8) is 0 Å². The molecule has 0 saturated carbocycles. The zero-order valence-corrected chi connectivity index (χ0v) is 14.2. The van der Waals surface area contributed by atoms with Crippen LogP contribution in [0.1, 0.15) is 23.3 Å².